The fraction of sp³-hybridized carbons (Fsp3) is 0.357. The molecule has 6 heteroatoms. The Morgan fingerprint density at radius 3 is 2.75 bits per heavy atom. The first-order valence-electron chi connectivity index (χ1n) is 6.56. The number of aryl methyl sites for hydroxylation is 1. The van der Waals surface area contributed by atoms with E-state index in [2.05, 4.69) is 15.4 Å². The summed E-state index contributed by atoms with van der Waals surface area (Å²) in [6, 6.07) is 7.56. The Bertz CT molecular complexity index is 539. The summed E-state index contributed by atoms with van der Waals surface area (Å²) in [4.78, 5) is 15.8. The van der Waals surface area contributed by atoms with Crippen LogP contribution in [0.1, 0.15) is 31.4 Å². The van der Waals surface area contributed by atoms with Gasteiger partial charge in [-0.05, 0) is 24.1 Å². The third kappa shape index (κ3) is 4.06. The smallest absolute Gasteiger partial charge is 0.222 e. The van der Waals surface area contributed by atoms with Crippen molar-refractivity contribution < 1.29 is 4.79 Å². The Hall–Kier alpha value is -1.88. The fourth-order valence-electron chi connectivity index (χ4n) is 1.95. The zero-order valence-corrected chi connectivity index (χ0v) is 12.0. The molecule has 0 aliphatic carbocycles. The molecule has 2 aromatic rings. The zero-order chi connectivity index (χ0) is 14.4. The van der Waals surface area contributed by atoms with Crippen LogP contribution in [0.5, 0.6) is 0 Å². The van der Waals surface area contributed by atoms with Crippen LogP contribution in [0.3, 0.4) is 0 Å². The molecule has 5 nitrogen and oxygen atoms in total. The SMILES string of the molecule is CC[C@@H](NC(=O)CCn1cncn1)c1ccc(Cl)cc1. The standard InChI is InChI=1S/C14H17ClN4O/c1-2-13(11-3-5-12(15)6-4-11)18-14(20)7-8-19-10-16-9-17-19/h3-6,9-10,13H,2,7-8H2,1H3,(H,18,20)/t13-/m1/s1. The molecule has 1 aromatic heterocycles. The molecule has 2 rings (SSSR count). The maximum atomic E-state index is 11.9. The van der Waals surface area contributed by atoms with Crippen molar-refractivity contribution in [3.8, 4) is 0 Å². The maximum absolute atomic E-state index is 11.9. The second-order valence-electron chi connectivity index (χ2n) is 4.49. The van der Waals surface area contributed by atoms with E-state index in [-0.39, 0.29) is 11.9 Å². The molecular formula is C14H17ClN4O. The predicted octanol–water partition coefficient (Wildman–Crippen LogP) is 2.59. The van der Waals surface area contributed by atoms with Crippen molar-refractivity contribution in [1.82, 2.24) is 20.1 Å². The normalized spacial score (nSPS) is 12.1. The van der Waals surface area contributed by atoms with Gasteiger partial charge >= 0.3 is 0 Å². The summed E-state index contributed by atoms with van der Waals surface area (Å²) in [6.07, 6.45) is 4.27. The Balaban J connectivity index is 1.89. The number of halogens is 1. The maximum Gasteiger partial charge on any atom is 0.222 e. The van der Waals surface area contributed by atoms with Gasteiger partial charge in [-0.15, -0.1) is 0 Å². The number of nitrogens with zero attached hydrogens (tertiary/aromatic N) is 3. The number of nitrogens with one attached hydrogen (secondary N) is 1. The first kappa shape index (κ1) is 14.5. The summed E-state index contributed by atoms with van der Waals surface area (Å²) >= 11 is 5.87. The van der Waals surface area contributed by atoms with Gasteiger partial charge in [0.15, 0.2) is 0 Å². The zero-order valence-electron chi connectivity index (χ0n) is 11.3. The van der Waals surface area contributed by atoms with E-state index in [0.717, 1.165) is 12.0 Å². The van der Waals surface area contributed by atoms with Gasteiger partial charge in [-0.25, -0.2) is 4.98 Å². The third-order valence-corrected chi connectivity index (χ3v) is 3.30. The van der Waals surface area contributed by atoms with Crippen molar-refractivity contribution in [2.45, 2.75) is 32.4 Å². The second kappa shape index (κ2) is 7.05. The molecule has 0 saturated heterocycles. The molecule has 0 bridgehead atoms. The summed E-state index contributed by atoms with van der Waals surface area (Å²) in [5, 5.41) is 7.68. The van der Waals surface area contributed by atoms with Crippen molar-refractivity contribution in [3.63, 3.8) is 0 Å². The summed E-state index contributed by atoms with van der Waals surface area (Å²) in [6.45, 7) is 2.57. The molecule has 1 atom stereocenters. The van der Waals surface area contributed by atoms with Crippen LogP contribution in [0.2, 0.25) is 5.02 Å². The second-order valence-corrected chi connectivity index (χ2v) is 4.92. The van der Waals surface area contributed by atoms with Crippen molar-refractivity contribution in [2.24, 2.45) is 0 Å². The highest BCUT2D eigenvalue weighted by atomic mass is 35.5. The predicted molar refractivity (Wildman–Crippen MR) is 77.3 cm³/mol. The quantitative estimate of drug-likeness (QED) is 0.890. The molecule has 1 N–H and O–H groups in total. The van der Waals surface area contributed by atoms with E-state index in [9.17, 15) is 4.79 Å². The van der Waals surface area contributed by atoms with Gasteiger partial charge in [-0.3, -0.25) is 9.48 Å². The van der Waals surface area contributed by atoms with Crippen LogP contribution >= 0.6 is 11.6 Å². The monoisotopic (exact) mass is 292 g/mol. The number of carbonyl (C=O) groups excluding carboxylic acids is 1. The van der Waals surface area contributed by atoms with Gasteiger partial charge in [-0.1, -0.05) is 30.7 Å². The molecule has 20 heavy (non-hydrogen) atoms. The number of hydrogen-bond donors (Lipinski definition) is 1. The Labute approximate surface area is 123 Å². The molecule has 0 aliphatic heterocycles. The van der Waals surface area contributed by atoms with Crippen LogP contribution in [-0.2, 0) is 11.3 Å². The minimum Gasteiger partial charge on any atom is -0.349 e. The van der Waals surface area contributed by atoms with Crippen LogP contribution < -0.4 is 5.32 Å². The highest BCUT2D eigenvalue weighted by Crippen LogP contribution is 2.19. The van der Waals surface area contributed by atoms with E-state index >= 15 is 0 Å². The van der Waals surface area contributed by atoms with Gasteiger partial charge in [0.2, 0.25) is 5.91 Å². The van der Waals surface area contributed by atoms with Gasteiger partial charge < -0.3 is 5.32 Å². The van der Waals surface area contributed by atoms with Gasteiger partial charge in [0, 0.05) is 11.4 Å². The van der Waals surface area contributed by atoms with Crippen LogP contribution in [0.25, 0.3) is 0 Å². The highest BCUT2D eigenvalue weighted by Gasteiger charge is 2.12. The number of carbonyl (C=O) groups is 1. The molecule has 1 amide bonds. The molecule has 0 radical (unpaired) electrons. The molecule has 1 aromatic carbocycles. The van der Waals surface area contributed by atoms with Gasteiger partial charge in [0.05, 0.1) is 12.6 Å². The van der Waals surface area contributed by atoms with Crippen LogP contribution in [0, 0.1) is 0 Å². The number of rotatable bonds is 6. The minimum atomic E-state index is 0.00213. The lowest BCUT2D eigenvalue weighted by Crippen LogP contribution is -2.28. The van der Waals surface area contributed by atoms with Crippen molar-refractivity contribution in [3.05, 3.63) is 47.5 Å². The average Bonchev–Trinajstić information content (AvgIpc) is 2.97. The van der Waals surface area contributed by atoms with E-state index in [1.165, 1.54) is 6.33 Å². The van der Waals surface area contributed by atoms with Crippen molar-refractivity contribution >= 4 is 17.5 Å². The lowest BCUT2D eigenvalue weighted by Gasteiger charge is -2.17. The molecule has 106 valence electrons. The fourth-order valence-corrected chi connectivity index (χ4v) is 2.07. The summed E-state index contributed by atoms with van der Waals surface area (Å²) in [5.74, 6) is 0.00213. The molecule has 1 heterocycles. The largest absolute Gasteiger partial charge is 0.349 e. The molecule has 0 spiro atoms. The van der Waals surface area contributed by atoms with E-state index in [1.807, 2.05) is 31.2 Å². The van der Waals surface area contributed by atoms with Gasteiger partial charge in [0.1, 0.15) is 12.7 Å². The number of aromatic nitrogens is 3. The van der Waals surface area contributed by atoms with Crippen LogP contribution in [0.4, 0.5) is 0 Å². The summed E-state index contributed by atoms with van der Waals surface area (Å²) < 4.78 is 1.64. The third-order valence-electron chi connectivity index (χ3n) is 3.05. The van der Waals surface area contributed by atoms with E-state index in [0.29, 0.717) is 18.0 Å². The first-order valence-corrected chi connectivity index (χ1v) is 6.94. The Kier molecular flexibility index (Phi) is 5.12. The van der Waals surface area contributed by atoms with Crippen molar-refractivity contribution in [2.75, 3.05) is 0 Å². The van der Waals surface area contributed by atoms with Crippen molar-refractivity contribution in [1.29, 1.82) is 0 Å². The highest BCUT2D eigenvalue weighted by molar-refractivity contribution is 6.30. The molecule has 0 saturated carbocycles. The van der Waals surface area contributed by atoms with Crippen LogP contribution in [-0.4, -0.2) is 20.7 Å². The lowest BCUT2D eigenvalue weighted by molar-refractivity contribution is -0.122. The minimum absolute atomic E-state index is 0.00213. The summed E-state index contributed by atoms with van der Waals surface area (Å²) in [5.41, 5.74) is 1.06. The van der Waals surface area contributed by atoms with E-state index in [1.54, 1.807) is 11.0 Å². The topological polar surface area (TPSA) is 59.8 Å². The van der Waals surface area contributed by atoms with Gasteiger partial charge in [-0.2, -0.15) is 5.10 Å². The number of hydrogen-bond acceptors (Lipinski definition) is 3. The molecule has 0 unspecified atom stereocenters. The summed E-state index contributed by atoms with van der Waals surface area (Å²) in [7, 11) is 0. The van der Waals surface area contributed by atoms with Gasteiger partial charge in [0.25, 0.3) is 0 Å². The average molecular weight is 293 g/mol. The Morgan fingerprint density at radius 2 is 2.15 bits per heavy atom. The number of amides is 1. The Morgan fingerprint density at radius 1 is 1.40 bits per heavy atom. The van der Waals surface area contributed by atoms with Crippen LogP contribution in [0.15, 0.2) is 36.9 Å². The molecule has 0 aliphatic rings. The number of benzene rings is 1. The van der Waals surface area contributed by atoms with E-state index < -0.39 is 0 Å². The molecule has 0 fully saturated rings. The lowest BCUT2D eigenvalue weighted by atomic mass is 10.0. The molecular weight excluding hydrogens is 276 g/mol. The van der Waals surface area contributed by atoms with E-state index in [4.69, 9.17) is 11.6 Å². The first-order chi connectivity index (χ1) is 9.69.